The van der Waals surface area contributed by atoms with Crippen LogP contribution in [-0.4, -0.2) is 8.39 Å². The van der Waals surface area contributed by atoms with E-state index in [0.29, 0.717) is 8.39 Å². The molecule has 0 atom stereocenters. The zero-order valence-electron chi connectivity index (χ0n) is 12.4. The lowest BCUT2D eigenvalue weighted by atomic mass is 10.1. The van der Waals surface area contributed by atoms with Crippen molar-refractivity contribution in [3.63, 3.8) is 0 Å². The van der Waals surface area contributed by atoms with E-state index in [4.69, 9.17) is 24.4 Å². The standard InChI is InChI=1S/C11H8S3.C7H6S3/c12-9-6-2-4-7-3-1-5-8(10(7)9)11(13)14;8-6-4-2-1-3-5(6)7(9)10/h1-6,12H,(H,13,14);1-4,8H,(H,9,10). The van der Waals surface area contributed by atoms with Crippen molar-refractivity contribution in [3.05, 3.63) is 71.8 Å². The van der Waals surface area contributed by atoms with Crippen LogP contribution < -0.4 is 0 Å². The van der Waals surface area contributed by atoms with E-state index >= 15 is 0 Å². The molecule has 0 aliphatic carbocycles. The molecule has 3 aromatic rings. The molecule has 0 amide bonds. The third-order valence-corrected chi connectivity index (χ3v) is 4.93. The fraction of sp³-hybridized carbons (Fsp3) is 0. The minimum atomic E-state index is 0.589. The molecule has 3 rings (SSSR count). The Kier molecular flexibility index (Phi) is 7.65. The summed E-state index contributed by atoms with van der Waals surface area (Å²) >= 11 is 26.8. The second-order valence-corrected chi connectivity index (χ2v) is 8.09. The van der Waals surface area contributed by atoms with Gasteiger partial charge in [-0.15, -0.1) is 50.5 Å². The van der Waals surface area contributed by atoms with Crippen LogP contribution in [0.4, 0.5) is 0 Å². The molecule has 0 unspecified atom stereocenters. The lowest BCUT2D eigenvalue weighted by molar-refractivity contribution is 1.45. The molecule has 0 fully saturated rings. The van der Waals surface area contributed by atoms with E-state index in [1.807, 2.05) is 60.7 Å². The van der Waals surface area contributed by atoms with Crippen LogP contribution >= 0.6 is 75.0 Å². The lowest BCUT2D eigenvalue weighted by Crippen LogP contribution is -1.89. The van der Waals surface area contributed by atoms with Crippen molar-refractivity contribution in [2.75, 3.05) is 0 Å². The molecule has 0 heterocycles. The first-order valence-corrected chi connectivity index (χ1v) is 9.47. The van der Waals surface area contributed by atoms with Crippen molar-refractivity contribution in [3.8, 4) is 0 Å². The van der Waals surface area contributed by atoms with Gasteiger partial charge in [0.15, 0.2) is 0 Å². The van der Waals surface area contributed by atoms with Crippen molar-refractivity contribution < 1.29 is 0 Å². The Morgan fingerprint density at radius 3 is 1.67 bits per heavy atom. The fourth-order valence-electron chi connectivity index (χ4n) is 2.15. The highest BCUT2D eigenvalue weighted by Crippen LogP contribution is 2.26. The van der Waals surface area contributed by atoms with Gasteiger partial charge in [0.2, 0.25) is 0 Å². The maximum Gasteiger partial charge on any atom is 0.0758 e. The van der Waals surface area contributed by atoms with Crippen LogP contribution in [0.1, 0.15) is 11.1 Å². The number of fused-ring (bicyclic) bond motifs is 1. The predicted molar refractivity (Wildman–Crippen MR) is 126 cm³/mol. The topological polar surface area (TPSA) is 0 Å². The summed E-state index contributed by atoms with van der Waals surface area (Å²) in [7, 11) is 0. The normalized spacial score (nSPS) is 10.0. The zero-order valence-corrected chi connectivity index (χ0v) is 17.6. The molecule has 6 heteroatoms. The predicted octanol–water partition coefficient (Wildman–Crippen LogP) is 6.31. The number of hydrogen-bond donors (Lipinski definition) is 4. The highest BCUT2D eigenvalue weighted by atomic mass is 32.1. The van der Waals surface area contributed by atoms with Gasteiger partial charge in [-0.3, -0.25) is 0 Å². The average Bonchev–Trinajstić information content (AvgIpc) is 2.55. The SMILES string of the molecule is S=C(S)c1cccc2cccc(S)c12.S=C(S)c1ccccc1S. The van der Waals surface area contributed by atoms with Gasteiger partial charge in [0.25, 0.3) is 0 Å². The molecule has 0 saturated heterocycles. The van der Waals surface area contributed by atoms with Crippen LogP contribution in [0.2, 0.25) is 0 Å². The van der Waals surface area contributed by atoms with E-state index in [1.54, 1.807) is 0 Å². The van der Waals surface area contributed by atoms with Gasteiger partial charge in [0.1, 0.15) is 0 Å². The van der Waals surface area contributed by atoms with Crippen LogP contribution in [0.5, 0.6) is 0 Å². The molecule has 122 valence electrons. The summed E-state index contributed by atoms with van der Waals surface area (Å²) in [5.74, 6) is 0. The largest absolute Gasteiger partial charge is 0.143 e. The number of thiocarbonyl (C=S) groups is 2. The molecule has 0 bridgehead atoms. The molecule has 0 radical (unpaired) electrons. The first-order chi connectivity index (χ1) is 11.4. The van der Waals surface area contributed by atoms with Gasteiger partial charge in [-0.05, 0) is 17.5 Å². The third kappa shape index (κ3) is 5.00. The van der Waals surface area contributed by atoms with E-state index in [0.717, 1.165) is 31.7 Å². The van der Waals surface area contributed by atoms with Gasteiger partial charge in [0, 0.05) is 26.3 Å². The highest BCUT2D eigenvalue weighted by molar-refractivity contribution is 8.12. The molecule has 0 aliphatic heterocycles. The average molecular weight is 423 g/mol. The monoisotopic (exact) mass is 422 g/mol. The lowest BCUT2D eigenvalue weighted by Gasteiger charge is -2.06. The summed E-state index contributed by atoms with van der Waals surface area (Å²) < 4.78 is 1.20. The van der Waals surface area contributed by atoms with Crippen LogP contribution in [0.25, 0.3) is 10.8 Å². The Morgan fingerprint density at radius 2 is 1.12 bits per heavy atom. The fourth-order valence-corrected chi connectivity index (χ4v) is 3.66. The molecule has 0 N–H and O–H groups in total. The van der Waals surface area contributed by atoms with Crippen molar-refractivity contribution >= 4 is 94.1 Å². The Bertz CT molecular complexity index is 896. The number of thiol groups is 4. The Labute approximate surface area is 174 Å². The number of rotatable bonds is 2. The highest BCUT2D eigenvalue weighted by Gasteiger charge is 2.05. The van der Waals surface area contributed by atoms with Crippen molar-refractivity contribution in [2.45, 2.75) is 9.79 Å². The molecule has 0 spiro atoms. The van der Waals surface area contributed by atoms with E-state index in [9.17, 15) is 0 Å². The van der Waals surface area contributed by atoms with Gasteiger partial charge in [0.05, 0.1) is 8.39 Å². The van der Waals surface area contributed by atoms with Crippen LogP contribution in [-0.2, 0) is 0 Å². The van der Waals surface area contributed by atoms with E-state index in [-0.39, 0.29) is 0 Å². The van der Waals surface area contributed by atoms with Gasteiger partial charge in [-0.2, -0.15) is 0 Å². The maximum absolute atomic E-state index is 5.08. The molecule has 0 aromatic heterocycles. The Balaban J connectivity index is 0.000000185. The van der Waals surface area contributed by atoms with Crippen LogP contribution in [0.3, 0.4) is 0 Å². The van der Waals surface area contributed by atoms with E-state index < -0.39 is 0 Å². The van der Waals surface area contributed by atoms with Crippen molar-refractivity contribution in [1.82, 2.24) is 0 Å². The number of hydrogen-bond acceptors (Lipinski definition) is 4. The zero-order chi connectivity index (χ0) is 17.7. The minimum absolute atomic E-state index is 0.589. The molecule has 0 nitrogen and oxygen atoms in total. The minimum Gasteiger partial charge on any atom is -0.143 e. The summed E-state index contributed by atoms with van der Waals surface area (Å²) in [6.07, 6.45) is 0. The second-order valence-electron chi connectivity index (χ2n) is 4.81. The summed E-state index contributed by atoms with van der Waals surface area (Å²) in [6, 6.07) is 19.6. The van der Waals surface area contributed by atoms with Gasteiger partial charge < -0.3 is 0 Å². The van der Waals surface area contributed by atoms with E-state index in [1.165, 1.54) is 0 Å². The van der Waals surface area contributed by atoms with Crippen LogP contribution in [0, 0.1) is 0 Å². The molecular formula is C18H14S6. The van der Waals surface area contributed by atoms with Crippen molar-refractivity contribution in [1.29, 1.82) is 0 Å². The summed E-state index contributed by atoms with van der Waals surface area (Å²) in [6.45, 7) is 0. The molecular weight excluding hydrogens is 409 g/mol. The maximum atomic E-state index is 5.08. The Hall–Kier alpha value is -0.500. The van der Waals surface area contributed by atoms with Gasteiger partial charge in [-0.1, -0.05) is 73.0 Å². The Morgan fingerprint density at radius 1 is 0.625 bits per heavy atom. The quantitative estimate of drug-likeness (QED) is 0.282. The second kappa shape index (κ2) is 9.27. The summed E-state index contributed by atoms with van der Waals surface area (Å²) in [5, 5.41) is 2.23. The number of benzene rings is 3. The third-order valence-electron chi connectivity index (χ3n) is 3.25. The smallest absolute Gasteiger partial charge is 0.0758 e. The van der Waals surface area contributed by atoms with Crippen molar-refractivity contribution in [2.24, 2.45) is 0 Å². The first kappa shape index (κ1) is 19.8. The summed E-state index contributed by atoms with van der Waals surface area (Å²) in [5.41, 5.74) is 1.90. The van der Waals surface area contributed by atoms with Gasteiger partial charge >= 0.3 is 0 Å². The molecule has 3 aromatic carbocycles. The molecule has 24 heavy (non-hydrogen) atoms. The van der Waals surface area contributed by atoms with Gasteiger partial charge in [-0.25, -0.2) is 0 Å². The first-order valence-electron chi connectivity index (χ1n) is 6.87. The molecule has 0 saturated carbocycles. The summed E-state index contributed by atoms with van der Waals surface area (Å²) in [4.78, 5) is 1.82. The van der Waals surface area contributed by atoms with Crippen LogP contribution in [0.15, 0.2) is 70.5 Å². The van der Waals surface area contributed by atoms with E-state index in [2.05, 4.69) is 50.5 Å². The molecule has 0 aliphatic rings.